The molecule has 1 saturated heterocycles. The maximum Gasteiger partial charge on any atom is 0.337 e. The van der Waals surface area contributed by atoms with Gasteiger partial charge in [-0.2, -0.15) is 0 Å². The van der Waals surface area contributed by atoms with Gasteiger partial charge in [0.1, 0.15) is 34.5 Å². The fourth-order valence-electron chi connectivity index (χ4n) is 5.85. The molecule has 0 bridgehead atoms. The van der Waals surface area contributed by atoms with Crippen molar-refractivity contribution in [3.05, 3.63) is 28.3 Å². The van der Waals surface area contributed by atoms with Crippen LogP contribution in [0.25, 0.3) is 0 Å². The summed E-state index contributed by atoms with van der Waals surface area (Å²) >= 11 is 0. The molecule has 12 heteroatoms. The summed E-state index contributed by atoms with van der Waals surface area (Å²) in [7, 11) is -5.49. The van der Waals surface area contributed by atoms with Crippen molar-refractivity contribution in [1.82, 2.24) is 0 Å². The van der Waals surface area contributed by atoms with Gasteiger partial charge in [0, 0.05) is 5.56 Å². The number of carbonyl (C=O) groups is 1. The summed E-state index contributed by atoms with van der Waals surface area (Å²) in [5.74, 6) is 0.145. The first-order valence-electron chi connectivity index (χ1n) is 18.3. The van der Waals surface area contributed by atoms with Gasteiger partial charge in [-0.25, -0.2) is 4.79 Å². The molecule has 1 aromatic carbocycles. The third-order valence-electron chi connectivity index (χ3n) is 11.8. The lowest BCUT2D eigenvalue weighted by atomic mass is 9.79. The van der Waals surface area contributed by atoms with Gasteiger partial charge >= 0.3 is 5.97 Å². The zero-order chi connectivity index (χ0) is 39.2. The van der Waals surface area contributed by atoms with Gasteiger partial charge in [-0.3, -0.25) is 0 Å². The van der Waals surface area contributed by atoms with E-state index in [9.17, 15) is 4.79 Å². The third kappa shape index (κ3) is 10.0. The van der Waals surface area contributed by atoms with Crippen LogP contribution in [0.2, 0.25) is 54.4 Å². The lowest BCUT2D eigenvalue weighted by molar-refractivity contribution is -0.263. The van der Waals surface area contributed by atoms with Crippen LogP contribution in [0.5, 0.6) is 5.75 Å². The van der Waals surface area contributed by atoms with Crippen molar-refractivity contribution in [3.8, 4) is 5.75 Å². The first-order valence-corrected chi connectivity index (χ1v) is 27.8. The highest BCUT2D eigenvalue weighted by Crippen LogP contribution is 2.47. The first-order chi connectivity index (χ1) is 22.2. The zero-order valence-corrected chi connectivity index (χ0v) is 40.9. The smallest absolute Gasteiger partial charge is 0.337 e. The largest absolute Gasteiger partial charge is 0.467 e. The van der Waals surface area contributed by atoms with E-state index in [1.807, 2.05) is 0 Å². The number of rotatable bonds is 11. The number of benzene rings is 1. The minimum atomic E-state index is -2.49. The molecule has 0 aliphatic carbocycles. The highest BCUT2D eigenvalue weighted by Gasteiger charge is 2.59. The van der Waals surface area contributed by atoms with Crippen LogP contribution in [0.15, 0.2) is 6.07 Å². The Balaban J connectivity index is 3.02. The zero-order valence-electron chi connectivity index (χ0n) is 35.9. The molecule has 1 aromatic rings. The van der Waals surface area contributed by atoms with Crippen LogP contribution in [0.1, 0.15) is 105 Å². The average molecular weight is 771 g/mol. The van der Waals surface area contributed by atoms with E-state index in [1.165, 1.54) is 12.7 Å². The van der Waals surface area contributed by atoms with Gasteiger partial charge in [-0.05, 0) is 96.4 Å². The molecule has 0 spiro atoms. The Labute approximate surface area is 312 Å². The van der Waals surface area contributed by atoms with Crippen LogP contribution >= 0.6 is 0 Å². The quantitative estimate of drug-likeness (QED) is 0.163. The van der Waals surface area contributed by atoms with Gasteiger partial charge in [0.15, 0.2) is 31.1 Å². The van der Waals surface area contributed by atoms with Gasteiger partial charge in [0.25, 0.3) is 0 Å². The van der Waals surface area contributed by atoms with Crippen molar-refractivity contribution in [1.29, 1.82) is 0 Å². The van der Waals surface area contributed by atoms with E-state index in [0.717, 1.165) is 16.7 Å². The Kier molecular flexibility index (Phi) is 14.0. The Morgan fingerprint density at radius 1 is 0.740 bits per heavy atom. The van der Waals surface area contributed by atoms with Crippen LogP contribution in [0.3, 0.4) is 0 Å². The van der Waals surface area contributed by atoms with Gasteiger partial charge in [0.05, 0.1) is 13.7 Å². The van der Waals surface area contributed by atoms with E-state index < -0.39 is 61.6 Å². The molecule has 1 fully saturated rings. The number of methoxy groups -OCH3 is 1. The summed E-state index contributed by atoms with van der Waals surface area (Å²) in [4.78, 5) is 13.8. The van der Waals surface area contributed by atoms with Crippen LogP contribution < -0.4 is 4.74 Å². The van der Waals surface area contributed by atoms with Gasteiger partial charge in [-0.15, -0.1) is 0 Å². The van der Waals surface area contributed by atoms with E-state index in [1.54, 1.807) is 0 Å². The van der Waals surface area contributed by atoms with E-state index in [-0.39, 0.29) is 20.5 Å². The lowest BCUT2D eigenvalue weighted by Gasteiger charge is -2.53. The molecule has 0 amide bonds. The maximum atomic E-state index is 13.8. The molecule has 8 nitrogen and oxygen atoms in total. The average Bonchev–Trinajstić information content (AvgIpc) is 2.90. The molecule has 0 aromatic heterocycles. The fraction of sp³-hybridized carbons (Fsp3) is 0.816. The van der Waals surface area contributed by atoms with E-state index in [4.69, 9.17) is 31.9 Å². The summed E-state index contributed by atoms with van der Waals surface area (Å²) in [6.45, 7) is 44.6. The number of ether oxygens (including phenoxy) is 3. The summed E-state index contributed by atoms with van der Waals surface area (Å²) in [6.07, 6.45) is -4.23. The normalized spacial score (nSPS) is 23.3. The Morgan fingerprint density at radius 3 is 1.54 bits per heavy atom. The second-order valence-corrected chi connectivity index (χ2v) is 34.8. The minimum Gasteiger partial charge on any atom is -0.467 e. The van der Waals surface area contributed by atoms with Gasteiger partial charge < -0.3 is 31.9 Å². The molecular formula is C38H74O8Si4. The number of esters is 1. The first kappa shape index (κ1) is 45.3. The van der Waals surface area contributed by atoms with Crippen molar-refractivity contribution in [2.75, 3.05) is 7.11 Å². The highest BCUT2D eigenvalue weighted by atomic mass is 28.4. The summed E-state index contributed by atoms with van der Waals surface area (Å²) in [5, 5.41) is -0.389. The lowest BCUT2D eigenvalue weighted by Crippen LogP contribution is -2.69. The number of hydrogen-bond donors (Lipinski definition) is 0. The number of hydrogen-bond acceptors (Lipinski definition) is 8. The molecule has 290 valence electrons. The monoisotopic (exact) mass is 770 g/mol. The molecule has 1 aliphatic heterocycles. The van der Waals surface area contributed by atoms with E-state index in [0.29, 0.717) is 22.8 Å². The summed E-state index contributed by atoms with van der Waals surface area (Å²) < 4.78 is 47.2. The molecule has 50 heavy (non-hydrogen) atoms. The maximum absolute atomic E-state index is 13.8. The molecule has 1 heterocycles. The Hall–Kier alpha value is -0.842. The molecule has 0 saturated carbocycles. The van der Waals surface area contributed by atoms with Crippen molar-refractivity contribution < 1.29 is 36.7 Å². The van der Waals surface area contributed by atoms with Gasteiger partial charge in [-0.1, -0.05) is 83.1 Å². The molecular weight excluding hydrogens is 697 g/mol. The molecule has 0 radical (unpaired) electrons. The predicted octanol–water partition coefficient (Wildman–Crippen LogP) is 8.85. The predicted molar refractivity (Wildman–Crippen MR) is 217 cm³/mol. The molecule has 2 rings (SSSR count). The molecule has 5 atom stereocenters. The Morgan fingerprint density at radius 2 is 1.16 bits per heavy atom. The minimum absolute atomic E-state index is 0.0751. The van der Waals surface area contributed by atoms with Crippen molar-refractivity contribution in [3.63, 3.8) is 0 Å². The number of carbonyl (C=O) groups excluding carboxylic acids is 1. The fourth-order valence-corrected chi connectivity index (χ4v) is 10.0. The second-order valence-electron chi connectivity index (χ2n) is 19.9. The van der Waals surface area contributed by atoms with Crippen LogP contribution in [-0.4, -0.2) is 79.2 Å². The van der Waals surface area contributed by atoms with E-state index in [2.05, 4.69) is 142 Å². The molecule has 1 aliphatic rings. The van der Waals surface area contributed by atoms with Crippen molar-refractivity contribution in [2.24, 2.45) is 0 Å². The van der Waals surface area contributed by atoms with Crippen molar-refractivity contribution in [2.45, 2.75) is 194 Å². The van der Waals surface area contributed by atoms with Crippen LogP contribution in [0.4, 0.5) is 0 Å². The van der Waals surface area contributed by atoms with E-state index >= 15 is 0 Å². The van der Waals surface area contributed by atoms with Crippen molar-refractivity contribution >= 4 is 41.4 Å². The molecule has 0 unspecified atom stereocenters. The number of aryl methyl sites for hydroxylation is 1. The highest BCUT2D eigenvalue weighted by molar-refractivity contribution is 6.75. The Bertz CT molecular complexity index is 1330. The third-order valence-corrected chi connectivity index (χ3v) is 25.5. The van der Waals surface area contributed by atoms with Gasteiger partial charge in [0.2, 0.25) is 6.29 Å². The topological polar surface area (TPSA) is 81.7 Å². The summed E-state index contributed by atoms with van der Waals surface area (Å²) in [6, 6.07) is 2.09. The summed E-state index contributed by atoms with van der Waals surface area (Å²) in [5.41, 5.74) is 4.43. The van der Waals surface area contributed by atoms with Crippen LogP contribution in [-0.2, 0) is 44.0 Å². The SMILES string of the molecule is COC(=O)[C@H]1O[C@@H](Oc2cc(C)c(C(C)(C)C)c(C)c2CO[SiH3])[C@H](O[Si](C)(C)C(C)(C)C)[C@@H](O[Si](C)(C)C(C)(C)C)[C@H]1O[Si](C)(C)C(C)(C)C. The molecule has 0 N–H and O–H groups in total. The standard InChI is InChI=1S/C38H74O8Si4/c1-24-22-27(26(23-41-47)25(2)28(24)35(3,4)5)42-34-32(46-50(20,21)38(12,13)14)30(45-49(18,19)37(9,10)11)29(31(43-34)33(39)40-15)44-48(16,17)36(6,7)8/h22,29-32,34H,23H2,1-21,47H3/t29-,30+,31+,32-,34-/m1/s1. The van der Waals surface area contributed by atoms with Crippen LogP contribution in [0, 0.1) is 13.8 Å². The second kappa shape index (κ2) is 15.5.